The van der Waals surface area contributed by atoms with E-state index in [1.807, 2.05) is 6.92 Å². The summed E-state index contributed by atoms with van der Waals surface area (Å²) in [5, 5.41) is 6.47. The lowest BCUT2D eigenvalue weighted by molar-refractivity contribution is 0.294. The van der Waals surface area contributed by atoms with Gasteiger partial charge in [0.25, 0.3) is 0 Å². The zero-order valence-corrected chi connectivity index (χ0v) is 8.36. The molecule has 0 aliphatic heterocycles. The van der Waals surface area contributed by atoms with Crippen LogP contribution < -0.4 is 11.4 Å². The molecule has 5 heteroatoms. The number of hydrogen-bond acceptors (Lipinski definition) is 3. The van der Waals surface area contributed by atoms with Gasteiger partial charge in [-0.15, -0.1) is 0 Å². The van der Waals surface area contributed by atoms with E-state index in [-0.39, 0.29) is 11.7 Å². The van der Waals surface area contributed by atoms with Gasteiger partial charge in [0, 0.05) is 6.04 Å². The fraction of sp³-hybridized carbons (Fsp3) is 0.778. The van der Waals surface area contributed by atoms with Gasteiger partial charge in [0.2, 0.25) is 0 Å². The van der Waals surface area contributed by atoms with Crippen LogP contribution in [0.25, 0.3) is 0 Å². The largest absolute Gasteiger partial charge is 0.343 e. The van der Waals surface area contributed by atoms with E-state index in [1.54, 1.807) is 4.57 Å². The summed E-state index contributed by atoms with van der Waals surface area (Å²) >= 11 is 0. The van der Waals surface area contributed by atoms with Gasteiger partial charge in [-0.1, -0.05) is 6.92 Å². The second kappa shape index (κ2) is 3.57. The molecule has 78 valence electrons. The number of aromatic amines is 1. The molecule has 1 aromatic rings. The highest BCUT2D eigenvalue weighted by Gasteiger charge is 2.26. The number of H-pyrrole nitrogens is 1. The summed E-state index contributed by atoms with van der Waals surface area (Å²) < 4.78 is 1.73. The molecule has 5 nitrogen and oxygen atoms in total. The van der Waals surface area contributed by atoms with Crippen LogP contribution in [0.3, 0.4) is 0 Å². The molecule has 1 saturated carbocycles. The Morgan fingerprint density at radius 1 is 1.71 bits per heavy atom. The predicted octanol–water partition coefficient (Wildman–Crippen LogP) is 0.706. The van der Waals surface area contributed by atoms with Gasteiger partial charge in [-0.25, -0.2) is 9.89 Å². The zero-order valence-electron chi connectivity index (χ0n) is 8.36. The molecular weight excluding hydrogens is 180 g/mol. The van der Waals surface area contributed by atoms with Crippen molar-refractivity contribution in [3.63, 3.8) is 0 Å². The second-order valence-corrected chi connectivity index (χ2v) is 3.86. The smallest absolute Gasteiger partial charge is 0.321 e. The van der Waals surface area contributed by atoms with Crippen LogP contribution in [0.4, 0.5) is 0 Å². The molecule has 0 amide bonds. The van der Waals surface area contributed by atoms with Crippen molar-refractivity contribution in [2.24, 2.45) is 5.73 Å². The standard InChI is InChI=1S/C9H16N4O/c1-2-7(10)8-11-12-9(14)13(8)6-4-3-5-6/h6-7H,2-5,10H2,1H3,(H,12,14)/t7-/m0/s1. The molecule has 0 spiro atoms. The van der Waals surface area contributed by atoms with Crippen LogP contribution in [-0.2, 0) is 0 Å². The second-order valence-electron chi connectivity index (χ2n) is 3.86. The van der Waals surface area contributed by atoms with Gasteiger partial charge >= 0.3 is 5.69 Å². The molecule has 0 radical (unpaired) electrons. The Bertz CT molecular complexity index is 363. The molecule has 1 aliphatic rings. The molecule has 0 bridgehead atoms. The summed E-state index contributed by atoms with van der Waals surface area (Å²) in [6.45, 7) is 1.99. The monoisotopic (exact) mass is 196 g/mol. The molecule has 14 heavy (non-hydrogen) atoms. The minimum atomic E-state index is -0.130. The van der Waals surface area contributed by atoms with Crippen LogP contribution in [0.2, 0.25) is 0 Å². The summed E-state index contributed by atoms with van der Waals surface area (Å²) in [6, 6.07) is 0.198. The summed E-state index contributed by atoms with van der Waals surface area (Å²) in [5.74, 6) is 0.710. The quantitative estimate of drug-likeness (QED) is 0.747. The van der Waals surface area contributed by atoms with Crippen molar-refractivity contribution in [3.05, 3.63) is 16.3 Å². The number of nitrogens with two attached hydrogens (primary N) is 1. The van der Waals surface area contributed by atoms with Gasteiger partial charge in [0.05, 0.1) is 6.04 Å². The Balaban J connectivity index is 2.35. The first-order chi connectivity index (χ1) is 6.74. The lowest BCUT2D eigenvalue weighted by atomic mass is 9.92. The van der Waals surface area contributed by atoms with Gasteiger partial charge in [-0.05, 0) is 25.7 Å². The molecule has 1 atom stereocenters. The Hall–Kier alpha value is -1.10. The van der Waals surface area contributed by atoms with Crippen LogP contribution in [0.5, 0.6) is 0 Å². The Morgan fingerprint density at radius 2 is 2.43 bits per heavy atom. The minimum Gasteiger partial charge on any atom is -0.321 e. The van der Waals surface area contributed by atoms with E-state index in [9.17, 15) is 4.79 Å². The molecule has 0 aromatic carbocycles. The predicted molar refractivity (Wildman–Crippen MR) is 53.0 cm³/mol. The normalized spacial score (nSPS) is 19.3. The van der Waals surface area contributed by atoms with E-state index in [0.29, 0.717) is 11.9 Å². The third-order valence-electron chi connectivity index (χ3n) is 2.94. The Kier molecular flexibility index (Phi) is 2.41. The van der Waals surface area contributed by atoms with Crippen LogP contribution in [0.1, 0.15) is 50.5 Å². The summed E-state index contributed by atoms with van der Waals surface area (Å²) in [4.78, 5) is 11.5. The molecule has 1 fully saturated rings. The van der Waals surface area contributed by atoms with E-state index < -0.39 is 0 Å². The van der Waals surface area contributed by atoms with Crippen molar-refractivity contribution >= 4 is 0 Å². The van der Waals surface area contributed by atoms with E-state index in [4.69, 9.17) is 5.73 Å². The van der Waals surface area contributed by atoms with Gasteiger partial charge in [0.15, 0.2) is 5.82 Å². The highest BCUT2D eigenvalue weighted by molar-refractivity contribution is 4.97. The highest BCUT2D eigenvalue weighted by Crippen LogP contribution is 2.31. The van der Waals surface area contributed by atoms with Crippen molar-refractivity contribution in [1.82, 2.24) is 14.8 Å². The highest BCUT2D eigenvalue weighted by atomic mass is 16.1. The number of rotatable bonds is 3. The maximum atomic E-state index is 11.5. The third-order valence-corrected chi connectivity index (χ3v) is 2.94. The van der Waals surface area contributed by atoms with Crippen molar-refractivity contribution in [2.75, 3.05) is 0 Å². The topological polar surface area (TPSA) is 76.7 Å². The van der Waals surface area contributed by atoms with Gasteiger partial charge in [-0.2, -0.15) is 5.10 Å². The summed E-state index contributed by atoms with van der Waals surface area (Å²) in [6.07, 6.45) is 4.14. The third kappa shape index (κ3) is 1.37. The summed E-state index contributed by atoms with van der Waals surface area (Å²) in [7, 11) is 0. The zero-order chi connectivity index (χ0) is 10.1. The average Bonchev–Trinajstić information content (AvgIpc) is 2.45. The van der Waals surface area contributed by atoms with Crippen molar-refractivity contribution in [3.8, 4) is 0 Å². The number of nitrogens with one attached hydrogen (secondary N) is 1. The first-order valence-corrected chi connectivity index (χ1v) is 5.16. The fourth-order valence-electron chi connectivity index (χ4n) is 1.76. The summed E-state index contributed by atoms with van der Waals surface area (Å²) in [5.41, 5.74) is 5.77. The molecule has 1 aromatic heterocycles. The van der Waals surface area contributed by atoms with E-state index in [1.165, 1.54) is 6.42 Å². The Morgan fingerprint density at radius 3 is 2.93 bits per heavy atom. The maximum Gasteiger partial charge on any atom is 0.343 e. The molecule has 3 N–H and O–H groups in total. The molecule has 1 aliphatic carbocycles. The SMILES string of the molecule is CC[C@H](N)c1n[nH]c(=O)n1C1CCC1. The molecular formula is C9H16N4O. The van der Waals surface area contributed by atoms with Crippen molar-refractivity contribution in [1.29, 1.82) is 0 Å². The van der Waals surface area contributed by atoms with Crippen LogP contribution >= 0.6 is 0 Å². The lowest BCUT2D eigenvalue weighted by Crippen LogP contribution is -2.30. The molecule has 1 heterocycles. The first kappa shape index (κ1) is 9.45. The Labute approximate surface area is 82.3 Å². The number of nitrogens with zero attached hydrogens (tertiary/aromatic N) is 2. The number of aromatic nitrogens is 3. The molecule has 2 rings (SSSR count). The van der Waals surface area contributed by atoms with Crippen LogP contribution in [-0.4, -0.2) is 14.8 Å². The van der Waals surface area contributed by atoms with Crippen LogP contribution in [0.15, 0.2) is 4.79 Å². The fourth-order valence-corrected chi connectivity index (χ4v) is 1.76. The number of hydrogen-bond donors (Lipinski definition) is 2. The van der Waals surface area contributed by atoms with Gasteiger partial charge in [0.1, 0.15) is 0 Å². The van der Waals surface area contributed by atoms with Crippen LogP contribution in [0, 0.1) is 0 Å². The van der Waals surface area contributed by atoms with Gasteiger partial charge < -0.3 is 5.73 Å². The van der Waals surface area contributed by atoms with E-state index >= 15 is 0 Å². The maximum absolute atomic E-state index is 11.5. The lowest BCUT2D eigenvalue weighted by Gasteiger charge is -2.27. The van der Waals surface area contributed by atoms with E-state index in [2.05, 4.69) is 10.2 Å². The van der Waals surface area contributed by atoms with E-state index in [0.717, 1.165) is 19.3 Å². The average molecular weight is 196 g/mol. The van der Waals surface area contributed by atoms with Crippen molar-refractivity contribution < 1.29 is 0 Å². The van der Waals surface area contributed by atoms with Crippen molar-refractivity contribution in [2.45, 2.75) is 44.7 Å². The molecule has 0 unspecified atom stereocenters. The van der Waals surface area contributed by atoms with Gasteiger partial charge in [-0.3, -0.25) is 4.57 Å². The first-order valence-electron chi connectivity index (χ1n) is 5.16. The minimum absolute atomic E-state index is 0.117. The molecule has 0 saturated heterocycles.